The summed E-state index contributed by atoms with van der Waals surface area (Å²) in [6.07, 6.45) is 4.25. The molecule has 1 N–H and O–H groups in total. The lowest BCUT2D eigenvalue weighted by Crippen LogP contribution is -2.64. The second-order valence-electron chi connectivity index (χ2n) is 7.19. The molecule has 0 saturated carbocycles. The largest absolute Gasteiger partial charge is 0.500 e. The van der Waals surface area contributed by atoms with Crippen LogP contribution < -0.4 is 4.74 Å². The normalized spacial score (nSPS) is 35.5. The number of carbonyl (C=O) groups excluding carboxylic acids is 1. The van der Waals surface area contributed by atoms with Gasteiger partial charge in [0.05, 0.1) is 10.3 Å². The minimum absolute atomic E-state index is 0.119. The third-order valence-corrected chi connectivity index (χ3v) is 6.29. The molecular weight excluding hydrogens is 312 g/mol. The van der Waals surface area contributed by atoms with E-state index in [0.29, 0.717) is 6.42 Å². The number of piperidine rings is 1. The molecule has 1 spiro atoms. The summed E-state index contributed by atoms with van der Waals surface area (Å²) in [5, 5.41) is 21.7. The third kappa shape index (κ3) is 1.36. The third-order valence-electron chi connectivity index (χ3n) is 6.29. The summed E-state index contributed by atoms with van der Waals surface area (Å²) in [6, 6.07) is 1.64. The molecule has 1 aromatic carbocycles. The van der Waals surface area contributed by atoms with Gasteiger partial charge in [-0.15, -0.1) is 0 Å². The van der Waals surface area contributed by atoms with Crippen LogP contribution in [0.15, 0.2) is 18.2 Å². The number of likely N-dealkylation sites (N-methyl/N-ethyl adjacent to an activating group) is 1. The number of carbonyl (C=O) groups is 1. The lowest BCUT2D eigenvalue weighted by molar-refractivity contribution is -0.386. The van der Waals surface area contributed by atoms with Crippen molar-refractivity contribution in [3.63, 3.8) is 0 Å². The maximum Gasteiger partial charge on any atom is 0.314 e. The number of phenols is 1. The number of aromatic hydroxyl groups is 1. The fraction of sp³-hybridized carbons (Fsp3) is 0.471. The van der Waals surface area contributed by atoms with Gasteiger partial charge in [-0.1, -0.05) is 6.08 Å². The van der Waals surface area contributed by atoms with Crippen LogP contribution in [0.2, 0.25) is 0 Å². The minimum Gasteiger partial charge on any atom is -0.500 e. The number of nitro benzene ring substituents is 1. The molecule has 0 radical (unpaired) electrons. The molecule has 4 aliphatic rings. The number of ether oxygens (including phenoxy) is 1. The number of rotatable bonds is 1. The van der Waals surface area contributed by atoms with Crippen LogP contribution in [0.5, 0.6) is 11.5 Å². The maximum atomic E-state index is 12.5. The monoisotopic (exact) mass is 328 g/mol. The summed E-state index contributed by atoms with van der Waals surface area (Å²) in [5.74, 6) is -0.310. The van der Waals surface area contributed by atoms with Crippen LogP contribution in [0, 0.1) is 16.0 Å². The van der Waals surface area contributed by atoms with Crippen molar-refractivity contribution < 1.29 is 19.6 Å². The van der Waals surface area contributed by atoms with Crippen LogP contribution in [0.3, 0.4) is 0 Å². The van der Waals surface area contributed by atoms with Gasteiger partial charge in [0, 0.05) is 23.6 Å². The molecule has 4 atom stereocenters. The lowest BCUT2D eigenvalue weighted by atomic mass is 9.53. The van der Waals surface area contributed by atoms with E-state index in [1.165, 1.54) is 6.07 Å². The topological polar surface area (TPSA) is 92.9 Å². The highest BCUT2D eigenvalue weighted by molar-refractivity contribution is 5.98. The van der Waals surface area contributed by atoms with Crippen molar-refractivity contribution in [3.8, 4) is 11.5 Å². The zero-order valence-electron chi connectivity index (χ0n) is 13.1. The van der Waals surface area contributed by atoms with Gasteiger partial charge in [0.1, 0.15) is 0 Å². The Morgan fingerprint density at radius 1 is 1.50 bits per heavy atom. The van der Waals surface area contributed by atoms with Crippen molar-refractivity contribution in [2.75, 3.05) is 13.6 Å². The van der Waals surface area contributed by atoms with Crippen LogP contribution in [0.1, 0.15) is 17.5 Å². The van der Waals surface area contributed by atoms with Crippen molar-refractivity contribution in [2.24, 2.45) is 5.92 Å². The summed E-state index contributed by atoms with van der Waals surface area (Å²) in [7, 11) is 2.05. The summed E-state index contributed by atoms with van der Waals surface area (Å²) in [4.78, 5) is 25.4. The number of hydrogen-bond acceptors (Lipinski definition) is 6. The van der Waals surface area contributed by atoms with Crippen molar-refractivity contribution >= 4 is 11.5 Å². The van der Waals surface area contributed by atoms with E-state index in [9.17, 15) is 20.0 Å². The highest BCUT2D eigenvalue weighted by Crippen LogP contribution is 2.63. The molecule has 24 heavy (non-hydrogen) atoms. The summed E-state index contributed by atoms with van der Waals surface area (Å²) < 4.78 is 5.87. The SMILES string of the molecule is CN1CC[C@]23c4c5cc([N+](=O)[O-])c(O)c4O[C@H]2C(=O)C=CC3[C@H]1C5. The number of hydrogen-bond donors (Lipinski definition) is 1. The van der Waals surface area contributed by atoms with Gasteiger partial charge in [0.2, 0.25) is 5.75 Å². The Kier molecular flexibility index (Phi) is 2.42. The zero-order valence-corrected chi connectivity index (χ0v) is 13.1. The Labute approximate surface area is 137 Å². The molecule has 7 heteroatoms. The Balaban J connectivity index is 1.85. The van der Waals surface area contributed by atoms with E-state index in [-0.39, 0.29) is 29.2 Å². The molecule has 5 rings (SSSR count). The number of nitro groups is 1. The molecule has 2 heterocycles. The van der Waals surface area contributed by atoms with E-state index in [1.807, 2.05) is 13.1 Å². The van der Waals surface area contributed by atoms with Gasteiger partial charge in [-0.05, 0) is 38.1 Å². The fourth-order valence-electron chi connectivity index (χ4n) is 5.28. The molecular formula is C17H16N2O5. The second-order valence-corrected chi connectivity index (χ2v) is 7.19. The van der Waals surface area contributed by atoms with Crippen molar-refractivity contribution in [3.05, 3.63) is 39.5 Å². The average molecular weight is 328 g/mol. The minimum atomic E-state index is -0.689. The number of likely N-dealkylation sites (tertiary alicyclic amines) is 1. The predicted octanol–water partition coefficient (Wildman–Crippen LogP) is 1.31. The van der Waals surface area contributed by atoms with Gasteiger partial charge in [0.25, 0.3) is 0 Å². The van der Waals surface area contributed by atoms with E-state index in [4.69, 9.17) is 4.74 Å². The lowest BCUT2D eigenvalue weighted by Gasteiger charge is -2.55. The number of ketones is 1. The first kappa shape index (κ1) is 14.0. The van der Waals surface area contributed by atoms with Crippen molar-refractivity contribution in [2.45, 2.75) is 30.4 Å². The van der Waals surface area contributed by atoms with Crippen LogP contribution >= 0.6 is 0 Å². The van der Waals surface area contributed by atoms with Gasteiger partial charge in [-0.2, -0.15) is 0 Å². The first-order valence-corrected chi connectivity index (χ1v) is 8.08. The van der Waals surface area contributed by atoms with E-state index in [2.05, 4.69) is 4.90 Å². The summed E-state index contributed by atoms with van der Waals surface area (Å²) in [6.45, 7) is 0.832. The van der Waals surface area contributed by atoms with Crippen LogP contribution in [0.4, 0.5) is 5.69 Å². The smallest absolute Gasteiger partial charge is 0.314 e. The molecule has 2 bridgehead atoms. The number of nitrogens with zero attached hydrogens (tertiary/aromatic N) is 2. The molecule has 7 nitrogen and oxygen atoms in total. The van der Waals surface area contributed by atoms with E-state index in [0.717, 1.165) is 24.1 Å². The predicted molar refractivity (Wildman–Crippen MR) is 83.2 cm³/mol. The molecule has 0 amide bonds. The molecule has 2 aliphatic carbocycles. The molecule has 124 valence electrons. The van der Waals surface area contributed by atoms with Gasteiger partial charge < -0.3 is 14.7 Å². The summed E-state index contributed by atoms with van der Waals surface area (Å²) in [5.41, 5.74) is 0.798. The van der Waals surface area contributed by atoms with Gasteiger partial charge in [0.15, 0.2) is 17.6 Å². The number of benzene rings is 1. The Morgan fingerprint density at radius 2 is 2.29 bits per heavy atom. The summed E-state index contributed by atoms with van der Waals surface area (Å²) >= 11 is 0. The fourth-order valence-corrected chi connectivity index (χ4v) is 5.28. The first-order chi connectivity index (χ1) is 11.4. The number of phenolic OH excluding ortho intramolecular Hbond substituents is 1. The first-order valence-electron chi connectivity index (χ1n) is 8.08. The standard InChI is InChI=1S/C17H16N2O5/c1-18-5-4-17-9-2-3-12(20)16(17)24-15-13(17)8(6-10(9)18)7-11(14(15)21)19(22)23/h2-3,7,9-10,16,21H,4-6H2,1H3/t9?,10-,16+,17+/m1/s1. The Hall–Kier alpha value is -2.41. The van der Waals surface area contributed by atoms with E-state index in [1.54, 1.807) is 6.08 Å². The zero-order chi connectivity index (χ0) is 16.8. The molecule has 1 fully saturated rings. The van der Waals surface area contributed by atoms with Gasteiger partial charge in [-0.3, -0.25) is 14.9 Å². The molecule has 1 unspecified atom stereocenters. The molecule has 1 aromatic rings. The quantitative estimate of drug-likeness (QED) is 0.617. The Morgan fingerprint density at radius 3 is 3.04 bits per heavy atom. The van der Waals surface area contributed by atoms with Crippen LogP contribution in [-0.2, 0) is 16.6 Å². The van der Waals surface area contributed by atoms with Crippen molar-refractivity contribution in [1.82, 2.24) is 4.90 Å². The van der Waals surface area contributed by atoms with Gasteiger partial charge >= 0.3 is 5.69 Å². The molecule has 1 saturated heterocycles. The van der Waals surface area contributed by atoms with Gasteiger partial charge in [-0.25, -0.2) is 0 Å². The molecule has 0 aromatic heterocycles. The van der Waals surface area contributed by atoms with Crippen LogP contribution in [0.25, 0.3) is 0 Å². The van der Waals surface area contributed by atoms with Crippen LogP contribution in [-0.4, -0.2) is 46.5 Å². The second kappa shape index (κ2) is 4.16. The van der Waals surface area contributed by atoms with Crippen molar-refractivity contribution in [1.29, 1.82) is 0 Å². The highest BCUT2D eigenvalue weighted by Gasteiger charge is 2.65. The maximum absolute atomic E-state index is 12.5. The molecule has 2 aliphatic heterocycles. The Bertz CT molecular complexity index is 848. The van der Waals surface area contributed by atoms with E-state index >= 15 is 0 Å². The van der Waals surface area contributed by atoms with E-state index < -0.39 is 22.2 Å². The average Bonchev–Trinajstić information content (AvgIpc) is 2.90. The highest BCUT2D eigenvalue weighted by atomic mass is 16.6.